The summed E-state index contributed by atoms with van der Waals surface area (Å²) in [6, 6.07) is 6.43. The summed E-state index contributed by atoms with van der Waals surface area (Å²) in [6.45, 7) is 1.62. The maximum Gasteiger partial charge on any atom is 0.335 e. The number of piperidine rings is 1. The highest BCUT2D eigenvalue weighted by atomic mass is 35.5. The normalized spacial score (nSPS) is 15.1. The average molecular weight is 349 g/mol. The first kappa shape index (κ1) is 16.3. The van der Waals surface area contributed by atoms with Crippen LogP contribution in [0.1, 0.15) is 24.8 Å². The molecule has 7 nitrogen and oxygen atoms in total. The maximum absolute atomic E-state index is 12.1. The van der Waals surface area contributed by atoms with E-state index in [0.717, 1.165) is 36.9 Å². The van der Waals surface area contributed by atoms with Gasteiger partial charge in [0.1, 0.15) is 5.56 Å². The molecule has 2 heterocycles. The number of nitrogens with one attached hydrogen (secondary N) is 1. The Bertz CT molecular complexity index is 882. The van der Waals surface area contributed by atoms with E-state index in [9.17, 15) is 14.7 Å². The number of hydrazone groups is 1. The zero-order valence-corrected chi connectivity index (χ0v) is 13.7. The maximum atomic E-state index is 12.1. The van der Waals surface area contributed by atoms with Gasteiger partial charge >= 0.3 is 5.69 Å². The summed E-state index contributed by atoms with van der Waals surface area (Å²) < 4.78 is 0.991. The molecule has 0 saturated carbocycles. The van der Waals surface area contributed by atoms with E-state index in [4.69, 9.17) is 11.6 Å². The Morgan fingerprint density at radius 1 is 1.21 bits per heavy atom. The molecule has 1 aliphatic rings. The van der Waals surface area contributed by atoms with Crippen molar-refractivity contribution in [1.82, 2.24) is 14.6 Å². The van der Waals surface area contributed by atoms with Crippen molar-refractivity contribution >= 4 is 17.8 Å². The summed E-state index contributed by atoms with van der Waals surface area (Å²) in [5, 5.41) is 16.9. The molecule has 1 aliphatic heterocycles. The molecule has 0 bridgehead atoms. The second-order valence-corrected chi connectivity index (χ2v) is 6.01. The first-order valence-electron chi connectivity index (χ1n) is 7.69. The van der Waals surface area contributed by atoms with Crippen LogP contribution >= 0.6 is 11.6 Å². The summed E-state index contributed by atoms with van der Waals surface area (Å²) in [4.78, 5) is 26.3. The zero-order chi connectivity index (χ0) is 17.1. The van der Waals surface area contributed by atoms with Crippen LogP contribution in [0.15, 0.2) is 39.0 Å². The van der Waals surface area contributed by atoms with Crippen molar-refractivity contribution in [1.29, 1.82) is 0 Å². The predicted octanol–water partition coefficient (Wildman–Crippen LogP) is 1.70. The summed E-state index contributed by atoms with van der Waals surface area (Å²) >= 11 is 5.93. The molecule has 2 N–H and O–H groups in total. The monoisotopic (exact) mass is 348 g/mol. The van der Waals surface area contributed by atoms with Crippen molar-refractivity contribution in [3.63, 3.8) is 0 Å². The SMILES string of the molecule is O=c1[nH]c(=O)n(-c2cccc(Cl)c2)c(O)c1/C=N/N1CCCCC1. The number of aromatic amines is 1. The number of H-pyrrole nitrogens is 1. The van der Waals surface area contributed by atoms with E-state index in [1.807, 2.05) is 5.01 Å². The average Bonchev–Trinajstić information content (AvgIpc) is 2.55. The Balaban J connectivity index is 2.04. The van der Waals surface area contributed by atoms with Gasteiger partial charge in [0.25, 0.3) is 5.56 Å². The fourth-order valence-electron chi connectivity index (χ4n) is 2.64. The molecular weight excluding hydrogens is 332 g/mol. The third kappa shape index (κ3) is 3.35. The van der Waals surface area contributed by atoms with Crippen LogP contribution in [0, 0.1) is 0 Å². The molecule has 0 aliphatic carbocycles. The molecule has 0 amide bonds. The first-order valence-corrected chi connectivity index (χ1v) is 8.07. The van der Waals surface area contributed by atoms with Crippen LogP contribution in [0.2, 0.25) is 5.02 Å². The molecule has 24 heavy (non-hydrogen) atoms. The predicted molar refractivity (Wildman–Crippen MR) is 92.4 cm³/mol. The fourth-order valence-corrected chi connectivity index (χ4v) is 2.83. The van der Waals surface area contributed by atoms with Crippen LogP contribution < -0.4 is 11.2 Å². The molecular formula is C16H17ClN4O3. The lowest BCUT2D eigenvalue weighted by atomic mass is 10.2. The summed E-state index contributed by atoms with van der Waals surface area (Å²) in [6.07, 6.45) is 4.54. The Labute approximate surface area is 142 Å². The second kappa shape index (κ2) is 6.92. The van der Waals surface area contributed by atoms with Gasteiger partial charge in [0.15, 0.2) is 0 Å². The highest BCUT2D eigenvalue weighted by Gasteiger charge is 2.15. The van der Waals surface area contributed by atoms with Crippen LogP contribution in [-0.2, 0) is 0 Å². The van der Waals surface area contributed by atoms with Gasteiger partial charge in [-0.3, -0.25) is 14.8 Å². The largest absolute Gasteiger partial charge is 0.493 e. The molecule has 1 aromatic carbocycles. The number of hydrogen-bond donors (Lipinski definition) is 2. The number of aromatic nitrogens is 2. The number of halogens is 1. The number of nitrogens with zero attached hydrogens (tertiary/aromatic N) is 3. The van der Waals surface area contributed by atoms with Crippen LogP contribution in [0.25, 0.3) is 5.69 Å². The van der Waals surface area contributed by atoms with Gasteiger partial charge in [-0.15, -0.1) is 0 Å². The lowest BCUT2D eigenvalue weighted by Crippen LogP contribution is -2.32. The van der Waals surface area contributed by atoms with Gasteiger partial charge in [0, 0.05) is 18.1 Å². The first-order chi connectivity index (χ1) is 11.6. The van der Waals surface area contributed by atoms with Gasteiger partial charge in [-0.2, -0.15) is 5.10 Å². The molecule has 1 aromatic heterocycles. The van der Waals surface area contributed by atoms with E-state index >= 15 is 0 Å². The van der Waals surface area contributed by atoms with Crippen molar-refractivity contribution in [2.75, 3.05) is 13.1 Å². The summed E-state index contributed by atoms with van der Waals surface area (Å²) in [5.74, 6) is -0.466. The second-order valence-electron chi connectivity index (χ2n) is 5.57. The number of aromatic hydroxyl groups is 1. The number of rotatable bonds is 3. The minimum atomic E-state index is -0.741. The summed E-state index contributed by atoms with van der Waals surface area (Å²) in [5.41, 5.74) is -1.14. The van der Waals surface area contributed by atoms with E-state index in [0.29, 0.717) is 10.7 Å². The lowest BCUT2D eigenvalue weighted by Gasteiger charge is -2.23. The van der Waals surface area contributed by atoms with E-state index in [1.165, 1.54) is 12.3 Å². The molecule has 1 saturated heterocycles. The van der Waals surface area contributed by atoms with Gasteiger partial charge < -0.3 is 5.11 Å². The number of benzene rings is 1. The minimum absolute atomic E-state index is 0.0693. The van der Waals surface area contributed by atoms with E-state index in [2.05, 4.69) is 10.1 Å². The highest BCUT2D eigenvalue weighted by Crippen LogP contribution is 2.19. The van der Waals surface area contributed by atoms with Gasteiger partial charge in [-0.05, 0) is 37.5 Å². The molecule has 126 valence electrons. The lowest BCUT2D eigenvalue weighted by molar-refractivity contribution is 0.240. The Hall–Kier alpha value is -2.54. The molecule has 3 rings (SSSR count). The van der Waals surface area contributed by atoms with Crippen molar-refractivity contribution in [2.24, 2.45) is 5.10 Å². The highest BCUT2D eigenvalue weighted by molar-refractivity contribution is 6.30. The molecule has 0 unspecified atom stereocenters. The van der Waals surface area contributed by atoms with Gasteiger partial charge in [0.2, 0.25) is 5.88 Å². The van der Waals surface area contributed by atoms with Crippen LogP contribution in [0.3, 0.4) is 0 Å². The van der Waals surface area contributed by atoms with Crippen LogP contribution in [0.4, 0.5) is 0 Å². The van der Waals surface area contributed by atoms with E-state index in [-0.39, 0.29) is 5.56 Å². The van der Waals surface area contributed by atoms with E-state index in [1.54, 1.807) is 18.2 Å². The Morgan fingerprint density at radius 3 is 2.67 bits per heavy atom. The molecule has 8 heteroatoms. The van der Waals surface area contributed by atoms with Gasteiger partial charge in [0.05, 0.1) is 11.9 Å². The molecule has 1 fully saturated rings. The quantitative estimate of drug-likeness (QED) is 0.826. The van der Waals surface area contributed by atoms with Crippen molar-refractivity contribution in [3.05, 3.63) is 55.7 Å². The molecule has 0 radical (unpaired) electrons. The smallest absolute Gasteiger partial charge is 0.335 e. The number of hydrogen-bond acceptors (Lipinski definition) is 5. The minimum Gasteiger partial charge on any atom is -0.493 e. The molecule has 2 aromatic rings. The summed E-state index contributed by atoms with van der Waals surface area (Å²) in [7, 11) is 0. The third-order valence-electron chi connectivity index (χ3n) is 3.87. The third-order valence-corrected chi connectivity index (χ3v) is 4.10. The topological polar surface area (TPSA) is 90.7 Å². The van der Waals surface area contributed by atoms with Gasteiger partial charge in [-0.25, -0.2) is 9.36 Å². The standard InChI is InChI=1S/C16H17ClN4O3/c17-11-5-4-6-12(9-11)21-15(23)13(14(22)19-16(21)24)10-18-20-7-2-1-3-8-20/h4-6,9-10,23H,1-3,7-8H2,(H,19,22,24)/b18-10+. The van der Waals surface area contributed by atoms with Crippen LogP contribution in [0.5, 0.6) is 5.88 Å². The molecule has 0 atom stereocenters. The van der Waals surface area contributed by atoms with E-state index < -0.39 is 17.1 Å². The Kier molecular flexibility index (Phi) is 4.71. The Morgan fingerprint density at radius 2 is 1.96 bits per heavy atom. The van der Waals surface area contributed by atoms with Gasteiger partial charge in [-0.1, -0.05) is 17.7 Å². The fraction of sp³-hybridized carbons (Fsp3) is 0.312. The van der Waals surface area contributed by atoms with Crippen molar-refractivity contribution in [3.8, 4) is 11.6 Å². The zero-order valence-electron chi connectivity index (χ0n) is 12.9. The van der Waals surface area contributed by atoms with Crippen molar-refractivity contribution < 1.29 is 5.11 Å². The van der Waals surface area contributed by atoms with Crippen molar-refractivity contribution in [2.45, 2.75) is 19.3 Å². The molecule has 0 spiro atoms. The van der Waals surface area contributed by atoms with Crippen LogP contribution in [-0.4, -0.2) is 39.0 Å².